The number of amides is 1. The molecular weight excluding hydrogens is 370 g/mol. The second kappa shape index (κ2) is 8.93. The molecule has 0 aliphatic carbocycles. The van der Waals surface area contributed by atoms with E-state index < -0.39 is 0 Å². The summed E-state index contributed by atoms with van der Waals surface area (Å²) in [5.41, 5.74) is 0. The molecule has 0 N–H and O–H groups in total. The van der Waals surface area contributed by atoms with Crippen LogP contribution in [0.5, 0.6) is 0 Å². The molecular formula is C20H27N7O2. The van der Waals surface area contributed by atoms with Crippen LogP contribution in [0.25, 0.3) is 0 Å². The average molecular weight is 397 g/mol. The summed E-state index contributed by atoms with van der Waals surface area (Å²) in [4.78, 5) is 34.1. The summed E-state index contributed by atoms with van der Waals surface area (Å²) in [6.07, 6.45) is 3.41. The van der Waals surface area contributed by atoms with Gasteiger partial charge in [-0.2, -0.15) is 4.98 Å². The normalized spacial score (nSPS) is 17.4. The summed E-state index contributed by atoms with van der Waals surface area (Å²) in [6.45, 7) is 8.49. The topological polar surface area (TPSA) is 77.9 Å². The first kappa shape index (κ1) is 19.2. The lowest BCUT2D eigenvalue weighted by atomic mass is 10.3. The maximum absolute atomic E-state index is 11.9. The second-order valence-electron chi connectivity index (χ2n) is 7.05. The molecule has 29 heavy (non-hydrogen) atoms. The second-order valence-corrected chi connectivity index (χ2v) is 7.05. The molecule has 2 fully saturated rings. The highest BCUT2D eigenvalue weighted by molar-refractivity contribution is 5.68. The van der Waals surface area contributed by atoms with E-state index in [1.165, 1.54) is 0 Å². The van der Waals surface area contributed by atoms with E-state index in [4.69, 9.17) is 9.72 Å². The largest absolute Gasteiger partial charge is 0.450 e. The van der Waals surface area contributed by atoms with Gasteiger partial charge in [0.1, 0.15) is 11.6 Å². The molecule has 1 amide bonds. The molecule has 0 aromatic carbocycles. The van der Waals surface area contributed by atoms with Crippen LogP contribution < -0.4 is 14.7 Å². The standard InChI is InChI=1S/C20H27N7O2/c1-2-29-20(28)27-15-11-25(12-16-27)18-6-8-22-19(23-18)26-13-9-24(10-14-26)17-5-3-4-7-21-17/h3-8H,2,9-16H2,1H3. The molecule has 0 saturated carbocycles. The highest BCUT2D eigenvalue weighted by atomic mass is 16.6. The first-order chi connectivity index (χ1) is 14.2. The smallest absolute Gasteiger partial charge is 0.409 e. The third-order valence-corrected chi connectivity index (χ3v) is 5.29. The predicted octanol–water partition coefficient (Wildman–Crippen LogP) is 1.48. The van der Waals surface area contributed by atoms with Gasteiger partial charge in [0, 0.05) is 64.8 Å². The Labute approximate surface area is 170 Å². The molecule has 2 aliphatic heterocycles. The molecule has 2 aliphatic rings. The first-order valence-corrected chi connectivity index (χ1v) is 10.1. The summed E-state index contributed by atoms with van der Waals surface area (Å²) in [6, 6.07) is 7.94. The van der Waals surface area contributed by atoms with Crippen molar-refractivity contribution in [1.82, 2.24) is 19.9 Å². The molecule has 154 valence electrons. The Bertz CT molecular complexity index is 803. The molecule has 0 unspecified atom stereocenters. The fraction of sp³-hybridized carbons (Fsp3) is 0.500. The van der Waals surface area contributed by atoms with Crippen molar-refractivity contribution in [2.45, 2.75) is 6.92 Å². The van der Waals surface area contributed by atoms with Gasteiger partial charge in [-0.1, -0.05) is 6.07 Å². The van der Waals surface area contributed by atoms with Crippen LogP contribution in [0.4, 0.5) is 22.4 Å². The van der Waals surface area contributed by atoms with Gasteiger partial charge < -0.3 is 24.3 Å². The van der Waals surface area contributed by atoms with Gasteiger partial charge in [-0.3, -0.25) is 0 Å². The van der Waals surface area contributed by atoms with Crippen LogP contribution >= 0.6 is 0 Å². The Morgan fingerprint density at radius 1 is 0.862 bits per heavy atom. The van der Waals surface area contributed by atoms with Gasteiger partial charge in [0.25, 0.3) is 0 Å². The maximum Gasteiger partial charge on any atom is 0.409 e. The number of nitrogens with zero attached hydrogens (tertiary/aromatic N) is 7. The molecule has 4 rings (SSSR count). The minimum atomic E-state index is -0.235. The van der Waals surface area contributed by atoms with E-state index in [0.717, 1.165) is 56.9 Å². The van der Waals surface area contributed by atoms with Crippen molar-refractivity contribution in [2.24, 2.45) is 0 Å². The van der Waals surface area contributed by atoms with Crippen molar-refractivity contribution < 1.29 is 9.53 Å². The molecule has 0 radical (unpaired) electrons. The van der Waals surface area contributed by atoms with Crippen LogP contribution in [0, 0.1) is 0 Å². The third-order valence-electron chi connectivity index (χ3n) is 5.29. The third kappa shape index (κ3) is 4.49. The van der Waals surface area contributed by atoms with Gasteiger partial charge in [0.15, 0.2) is 0 Å². The Balaban J connectivity index is 1.34. The van der Waals surface area contributed by atoms with E-state index in [-0.39, 0.29) is 6.09 Å². The van der Waals surface area contributed by atoms with Crippen LogP contribution in [0.3, 0.4) is 0 Å². The number of pyridine rings is 1. The van der Waals surface area contributed by atoms with E-state index in [9.17, 15) is 4.79 Å². The van der Waals surface area contributed by atoms with Gasteiger partial charge >= 0.3 is 6.09 Å². The minimum Gasteiger partial charge on any atom is -0.450 e. The van der Waals surface area contributed by atoms with Crippen molar-refractivity contribution >= 4 is 23.7 Å². The molecule has 4 heterocycles. The molecule has 9 heteroatoms. The van der Waals surface area contributed by atoms with Crippen LogP contribution in [0.1, 0.15) is 6.92 Å². The Morgan fingerprint density at radius 3 is 2.24 bits per heavy atom. The molecule has 2 saturated heterocycles. The number of hydrogen-bond donors (Lipinski definition) is 0. The monoisotopic (exact) mass is 397 g/mol. The molecule has 2 aromatic rings. The SMILES string of the molecule is CCOC(=O)N1CCN(c2ccnc(N3CCN(c4ccccn4)CC3)n2)CC1. The Kier molecular flexibility index (Phi) is 5.92. The summed E-state index contributed by atoms with van der Waals surface area (Å²) in [7, 11) is 0. The molecule has 0 bridgehead atoms. The minimum absolute atomic E-state index is 0.235. The van der Waals surface area contributed by atoms with Gasteiger partial charge in [0.2, 0.25) is 5.95 Å². The maximum atomic E-state index is 11.9. The van der Waals surface area contributed by atoms with Crippen molar-refractivity contribution in [1.29, 1.82) is 0 Å². The van der Waals surface area contributed by atoms with E-state index >= 15 is 0 Å². The number of hydrogen-bond acceptors (Lipinski definition) is 8. The van der Waals surface area contributed by atoms with Gasteiger partial charge in [-0.05, 0) is 25.1 Å². The highest BCUT2D eigenvalue weighted by Crippen LogP contribution is 2.20. The summed E-state index contributed by atoms with van der Waals surface area (Å²) in [5, 5.41) is 0. The number of piperazine rings is 2. The number of carbonyl (C=O) groups is 1. The molecule has 0 spiro atoms. The lowest BCUT2D eigenvalue weighted by Gasteiger charge is -2.37. The Hall–Kier alpha value is -3.10. The first-order valence-electron chi connectivity index (χ1n) is 10.1. The number of rotatable bonds is 4. The number of anilines is 3. The number of ether oxygens (including phenoxy) is 1. The summed E-state index contributed by atoms with van der Waals surface area (Å²) < 4.78 is 5.09. The van der Waals surface area contributed by atoms with Gasteiger partial charge in [-0.15, -0.1) is 0 Å². The molecule has 0 atom stereocenters. The zero-order chi connectivity index (χ0) is 20.1. The van der Waals surface area contributed by atoms with E-state index in [1.54, 1.807) is 4.90 Å². The molecule has 9 nitrogen and oxygen atoms in total. The van der Waals surface area contributed by atoms with E-state index in [1.807, 2.05) is 43.6 Å². The van der Waals surface area contributed by atoms with Crippen LogP contribution in [0.15, 0.2) is 36.7 Å². The molecule has 2 aromatic heterocycles. The van der Waals surface area contributed by atoms with E-state index in [2.05, 4.69) is 24.7 Å². The fourth-order valence-electron chi connectivity index (χ4n) is 3.68. The van der Waals surface area contributed by atoms with Crippen molar-refractivity contribution in [3.63, 3.8) is 0 Å². The quantitative estimate of drug-likeness (QED) is 0.768. The van der Waals surface area contributed by atoms with Gasteiger partial charge in [-0.25, -0.2) is 14.8 Å². The summed E-state index contributed by atoms with van der Waals surface area (Å²) in [5.74, 6) is 2.68. The van der Waals surface area contributed by atoms with Crippen LogP contribution in [-0.4, -0.2) is 84.9 Å². The van der Waals surface area contributed by atoms with E-state index in [0.29, 0.717) is 19.7 Å². The van der Waals surface area contributed by atoms with Crippen molar-refractivity contribution in [3.05, 3.63) is 36.7 Å². The lowest BCUT2D eigenvalue weighted by Crippen LogP contribution is -2.49. The Morgan fingerprint density at radius 2 is 1.55 bits per heavy atom. The fourth-order valence-corrected chi connectivity index (χ4v) is 3.68. The lowest BCUT2D eigenvalue weighted by molar-refractivity contribution is 0.105. The van der Waals surface area contributed by atoms with Crippen LogP contribution in [-0.2, 0) is 4.74 Å². The zero-order valence-corrected chi connectivity index (χ0v) is 16.8. The van der Waals surface area contributed by atoms with Crippen molar-refractivity contribution in [3.8, 4) is 0 Å². The highest BCUT2D eigenvalue weighted by Gasteiger charge is 2.24. The average Bonchev–Trinajstić information content (AvgIpc) is 2.80. The van der Waals surface area contributed by atoms with Crippen molar-refractivity contribution in [2.75, 3.05) is 73.7 Å². The number of carbonyl (C=O) groups excluding carboxylic acids is 1. The summed E-state index contributed by atoms with van der Waals surface area (Å²) >= 11 is 0. The number of aromatic nitrogens is 3. The van der Waals surface area contributed by atoms with Gasteiger partial charge in [0.05, 0.1) is 6.61 Å². The van der Waals surface area contributed by atoms with Crippen LogP contribution in [0.2, 0.25) is 0 Å². The zero-order valence-electron chi connectivity index (χ0n) is 16.8. The predicted molar refractivity (Wildman–Crippen MR) is 112 cm³/mol.